The van der Waals surface area contributed by atoms with Gasteiger partial charge in [0.1, 0.15) is 17.6 Å². The molecule has 0 saturated heterocycles. The molecular formula is C15H16N4O. The smallest absolute Gasteiger partial charge is 0.128 e. The van der Waals surface area contributed by atoms with Crippen molar-refractivity contribution < 1.29 is 4.42 Å². The molecule has 3 aromatic rings. The van der Waals surface area contributed by atoms with E-state index >= 15 is 0 Å². The molecule has 0 aliphatic heterocycles. The number of hydrogen-bond acceptors (Lipinski definition) is 4. The highest BCUT2D eigenvalue weighted by molar-refractivity contribution is 5.34. The molecule has 0 radical (unpaired) electrons. The molecule has 102 valence electrons. The number of nitrogens with zero attached hydrogens (tertiary/aromatic N) is 2. The van der Waals surface area contributed by atoms with E-state index in [1.165, 1.54) is 0 Å². The fourth-order valence-electron chi connectivity index (χ4n) is 2.24. The summed E-state index contributed by atoms with van der Waals surface area (Å²) in [5, 5.41) is 4.37. The minimum atomic E-state index is -0.244. The summed E-state index contributed by atoms with van der Waals surface area (Å²) in [6.45, 7) is 1.91. The van der Waals surface area contributed by atoms with Crippen LogP contribution in [0.4, 0.5) is 0 Å². The van der Waals surface area contributed by atoms with Crippen molar-refractivity contribution in [1.29, 1.82) is 0 Å². The van der Waals surface area contributed by atoms with Crippen molar-refractivity contribution in [3.63, 3.8) is 0 Å². The SMILES string of the molecule is Cc1ccc(C(NN)c2ccnn2-c2ccccc2)o1. The summed E-state index contributed by atoms with van der Waals surface area (Å²) in [6, 6.07) is 15.4. The summed E-state index contributed by atoms with van der Waals surface area (Å²) >= 11 is 0. The van der Waals surface area contributed by atoms with E-state index in [0.717, 1.165) is 22.9 Å². The third kappa shape index (κ3) is 2.24. The standard InChI is InChI=1S/C15H16N4O/c1-11-7-8-14(20-11)15(18-16)13-9-10-17-19(13)12-5-3-2-4-6-12/h2-10,15,18H,16H2,1H3. The van der Waals surface area contributed by atoms with Crippen molar-refractivity contribution in [1.82, 2.24) is 15.2 Å². The first-order valence-electron chi connectivity index (χ1n) is 6.41. The van der Waals surface area contributed by atoms with Gasteiger partial charge in [-0.1, -0.05) is 18.2 Å². The number of aromatic nitrogens is 2. The first kappa shape index (κ1) is 12.7. The summed E-state index contributed by atoms with van der Waals surface area (Å²) in [5.74, 6) is 7.32. The van der Waals surface area contributed by atoms with Crippen LogP contribution in [0.3, 0.4) is 0 Å². The second kappa shape index (κ2) is 5.32. The predicted molar refractivity (Wildman–Crippen MR) is 76.2 cm³/mol. The van der Waals surface area contributed by atoms with Crippen LogP contribution in [0.15, 0.2) is 59.1 Å². The Morgan fingerprint density at radius 1 is 1.15 bits per heavy atom. The molecule has 1 unspecified atom stereocenters. The van der Waals surface area contributed by atoms with E-state index in [1.54, 1.807) is 6.20 Å². The Morgan fingerprint density at radius 3 is 2.60 bits per heavy atom. The van der Waals surface area contributed by atoms with Gasteiger partial charge in [-0.15, -0.1) is 0 Å². The second-order valence-corrected chi connectivity index (χ2v) is 4.55. The molecule has 0 bridgehead atoms. The topological polar surface area (TPSA) is 69.0 Å². The van der Waals surface area contributed by atoms with Crippen LogP contribution < -0.4 is 11.3 Å². The fraction of sp³-hybridized carbons (Fsp3) is 0.133. The lowest BCUT2D eigenvalue weighted by atomic mass is 10.1. The summed E-state index contributed by atoms with van der Waals surface area (Å²) in [7, 11) is 0. The van der Waals surface area contributed by atoms with Crippen LogP contribution in [-0.2, 0) is 0 Å². The number of para-hydroxylation sites is 1. The van der Waals surface area contributed by atoms with Gasteiger partial charge in [-0.3, -0.25) is 5.84 Å². The monoisotopic (exact) mass is 268 g/mol. The third-order valence-corrected chi connectivity index (χ3v) is 3.18. The van der Waals surface area contributed by atoms with Crippen molar-refractivity contribution in [3.8, 4) is 5.69 Å². The Kier molecular flexibility index (Phi) is 3.37. The molecule has 3 N–H and O–H groups in total. The minimum Gasteiger partial charge on any atom is -0.464 e. The van der Waals surface area contributed by atoms with Gasteiger partial charge >= 0.3 is 0 Å². The molecule has 2 heterocycles. The van der Waals surface area contributed by atoms with Crippen molar-refractivity contribution in [2.75, 3.05) is 0 Å². The van der Waals surface area contributed by atoms with E-state index < -0.39 is 0 Å². The van der Waals surface area contributed by atoms with Crippen LogP contribution in [0.5, 0.6) is 0 Å². The van der Waals surface area contributed by atoms with Crippen LogP contribution in [0, 0.1) is 6.92 Å². The maximum absolute atomic E-state index is 5.70. The van der Waals surface area contributed by atoms with Gasteiger partial charge in [-0.25, -0.2) is 10.1 Å². The Bertz CT molecular complexity index is 687. The molecular weight excluding hydrogens is 252 g/mol. The number of aryl methyl sites for hydroxylation is 1. The van der Waals surface area contributed by atoms with Crippen molar-refractivity contribution in [2.45, 2.75) is 13.0 Å². The number of nitrogens with two attached hydrogens (primary N) is 1. The fourth-order valence-corrected chi connectivity index (χ4v) is 2.24. The number of furan rings is 1. The number of hydrogen-bond donors (Lipinski definition) is 2. The molecule has 0 amide bonds. The first-order chi connectivity index (χ1) is 9.79. The summed E-state index contributed by atoms with van der Waals surface area (Å²) in [4.78, 5) is 0. The normalized spacial score (nSPS) is 12.5. The van der Waals surface area contributed by atoms with Crippen LogP contribution >= 0.6 is 0 Å². The largest absolute Gasteiger partial charge is 0.464 e. The Labute approximate surface area is 117 Å². The van der Waals surface area contributed by atoms with E-state index in [1.807, 2.05) is 60.1 Å². The van der Waals surface area contributed by atoms with Gasteiger partial charge in [0.05, 0.1) is 11.4 Å². The van der Waals surface area contributed by atoms with E-state index in [2.05, 4.69) is 10.5 Å². The molecule has 0 aliphatic carbocycles. The summed E-state index contributed by atoms with van der Waals surface area (Å²) in [5.41, 5.74) is 4.70. The summed E-state index contributed by atoms with van der Waals surface area (Å²) in [6.07, 6.45) is 1.75. The lowest BCUT2D eigenvalue weighted by molar-refractivity contribution is 0.426. The molecule has 20 heavy (non-hydrogen) atoms. The van der Waals surface area contributed by atoms with Gasteiger partial charge < -0.3 is 4.42 Å². The highest BCUT2D eigenvalue weighted by atomic mass is 16.3. The molecule has 0 aliphatic rings. The lowest BCUT2D eigenvalue weighted by Crippen LogP contribution is -2.30. The molecule has 3 rings (SSSR count). The number of nitrogens with one attached hydrogen (secondary N) is 1. The molecule has 1 aromatic carbocycles. The number of benzene rings is 1. The van der Waals surface area contributed by atoms with Crippen LogP contribution in [0.1, 0.15) is 23.3 Å². The maximum Gasteiger partial charge on any atom is 0.128 e. The molecule has 0 fully saturated rings. The van der Waals surface area contributed by atoms with Crippen LogP contribution in [0.2, 0.25) is 0 Å². The lowest BCUT2D eigenvalue weighted by Gasteiger charge is -2.15. The number of hydrazine groups is 1. The molecule has 0 saturated carbocycles. The maximum atomic E-state index is 5.70. The van der Waals surface area contributed by atoms with E-state index in [-0.39, 0.29) is 6.04 Å². The van der Waals surface area contributed by atoms with Crippen LogP contribution in [-0.4, -0.2) is 9.78 Å². The summed E-state index contributed by atoms with van der Waals surface area (Å²) < 4.78 is 7.52. The molecule has 0 spiro atoms. The van der Waals surface area contributed by atoms with Crippen molar-refractivity contribution in [3.05, 3.63) is 71.9 Å². The second-order valence-electron chi connectivity index (χ2n) is 4.55. The van der Waals surface area contributed by atoms with Gasteiger partial charge in [0.2, 0.25) is 0 Å². The average molecular weight is 268 g/mol. The zero-order valence-electron chi connectivity index (χ0n) is 11.2. The van der Waals surface area contributed by atoms with E-state index in [4.69, 9.17) is 10.3 Å². The zero-order valence-corrected chi connectivity index (χ0v) is 11.2. The van der Waals surface area contributed by atoms with Crippen molar-refractivity contribution in [2.24, 2.45) is 5.84 Å². The average Bonchev–Trinajstić information content (AvgIpc) is 3.11. The van der Waals surface area contributed by atoms with Crippen molar-refractivity contribution >= 4 is 0 Å². The molecule has 5 nitrogen and oxygen atoms in total. The Morgan fingerprint density at radius 2 is 1.95 bits per heavy atom. The van der Waals surface area contributed by atoms with Crippen LogP contribution in [0.25, 0.3) is 5.69 Å². The van der Waals surface area contributed by atoms with Gasteiger partial charge in [-0.05, 0) is 37.3 Å². The van der Waals surface area contributed by atoms with Gasteiger partial charge in [-0.2, -0.15) is 5.10 Å². The molecule has 1 atom stereocenters. The van der Waals surface area contributed by atoms with Gasteiger partial charge in [0.15, 0.2) is 0 Å². The minimum absolute atomic E-state index is 0.244. The molecule has 5 heteroatoms. The predicted octanol–water partition coefficient (Wildman–Crippen LogP) is 2.33. The van der Waals surface area contributed by atoms with Gasteiger partial charge in [0, 0.05) is 6.20 Å². The van der Waals surface area contributed by atoms with Gasteiger partial charge in [0.25, 0.3) is 0 Å². The third-order valence-electron chi connectivity index (χ3n) is 3.18. The Hall–Kier alpha value is -2.37. The quantitative estimate of drug-likeness (QED) is 0.563. The highest BCUT2D eigenvalue weighted by Gasteiger charge is 2.20. The molecule has 2 aromatic heterocycles. The van der Waals surface area contributed by atoms with E-state index in [0.29, 0.717) is 0 Å². The number of rotatable bonds is 4. The first-order valence-corrected chi connectivity index (χ1v) is 6.41. The highest BCUT2D eigenvalue weighted by Crippen LogP contribution is 2.24. The Balaban J connectivity index is 2.04. The van der Waals surface area contributed by atoms with E-state index in [9.17, 15) is 0 Å². The zero-order chi connectivity index (χ0) is 13.9.